The van der Waals surface area contributed by atoms with Gasteiger partial charge in [0, 0.05) is 25.0 Å². The summed E-state index contributed by atoms with van der Waals surface area (Å²) in [5, 5.41) is 6.46. The van der Waals surface area contributed by atoms with Gasteiger partial charge in [0.15, 0.2) is 0 Å². The number of hydrogen-bond acceptors (Lipinski definition) is 2. The van der Waals surface area contributed by atoms with E-state index in [1.807, 2.05) is 6.92 Å². The summed E-state index contributed by atoms with van der Waals surface area (Å²) >= 11 is 0. The first-order chi connectivity index (χ1) is 9.85. The van der Waals surface area contributed by atoms with Crippen molar-refractivity contribution in [3.8, 4) is 0 Å². The van der Waals surface area contributed by atoms with Gasteiger partial charge in [-0.25, -0.2) is 0 Å². The first-order valence-corrected chi connectivity index (χ1v) is 7.95. The summed E-state index contributed by atoms with van der Waals surface area (Å²) in [5.41, 5.74) is 5.28. The number of hydrogen-bond donors (Lipinski definition) is 2. The maximum absolute atomic E-state index is 11.8. The lowest BCUT2D eigenvalue weighted by atomic mass is 9.95. The number of carbonyl (C=O) groups excluding carboxylic acids is 1. The summed E-state index contributed by atoms with van der Waals surface area (Å²) in [6.07, 6.45) is 1.50. The molecule has 2 N–H and O–H groups in total. The Labute approximate surface area is 129 Å². The molecule has 3 nitrogen and oxygen atoms in total. The Hall–Kier alpha value is -1.35. The molecule has 118 valence electrons. The number of amides is 1. The molecule has 3 heteroatoms. The van der Waals surface area contributed by atoms with Gasteiger partial charge in [0.05, 0.1) is 0 Å². The smallest absolute Gasteiger partial charge is 0.221 e. The van der Waals surface area contributed by atoms with Crippen LogP contribution in [0.3, 0.4) is 0 Å². The van der Waals surface area contributed by atoms with Crippen molar-refractivity contribution in [2.75, 3.05) is 6.54 Å². The van der Waals surface area contributed by atoms with Crippen LogP contribution in [0.2, 0.25) is 0 Å². The lowest BCUT2D eigenvalue weighted by molar-refractivity contribution is -0.121. The van der Waals surface area contributed by atoms with Crippen molar-refractivity contribution in [2.24, 2.45) is 0 Å². The van der Waals surface area contributed by atoms with Gasteiger partial charge in [0.1, 0.15) is 0 Å². The van der Waals surface area contributed by atoms with Crippen molar-refractivity contribution < 1.29 is 4.79 Å². The zero-order chi connectivity index (χ0) is 16.0. The number of rotatable bonds is 7. The van der Waals surface area contributed by atoms with E-state index in [9.17, 15) is 4.79 Å². The maximum atomic E-state index is 11.8. The van der Waals surface area contributed by atoms with E-state index in [1.54, 1.807) is 0 Å². The van der Waals surface area contributed by atoms with Gasteiger partial charge in [-0.1, -0.05) is 24.6 Å². The van der Waals surface area contributed by atoms with Crippen molar-refractivity contribution in [2.45, 2.75) is 66.5 Å². The molecule has 0 radical (unpaired) electrons. The van der Waals surface area contributed by atoms with Crippen molar-refractivity contribution >= 4 is 5.91 Å². The largest absolute Gasteiger partial charge is 0.354 e. The topological polar surface area (TPSA) is 41.1 Å². The molecule has 0 saturated heterocycles. The van der Waals surface area contributed by atoms with E-state index >= 15 is 0 Å². The van der Waals surface area contributed by atoms with Gasteiger partial charge in [-0.05, 0) is 57.7 Å². The minimum atomic E-state index is 0.126. The van der Waals surface area contributed by atoms with Gasteiger partial charge in [0.2, 0.25) is 5.91 Å². The first kappa shape index (κ1) is 17.7. The average Bonchev–Trinajstić information content (AvgIpc) is 2.37. The van der Waals surface area contributed by atoms with Crippen LogP contribution in [0.5, 0.6) is 0 Å². The van der Waals surface area contributed by atoms with Crippen molar-refractivity contribution in [1.82, 2.24) is 10.6 Å². The van der Waals surface area contributed by atoms with E-state index in [1.165, 1.54) is 22.3 Å². The molecule has 0 aliphatic carbocycles. The van der Waals surface area contributed by atoms with Gasteiger partial charge in [-0.3, -0.25) is 4.79 Å². The van der Waals surface area contributed by atoms with Gasteiger partial charge >= 0.3 is 0 Å². The fourth-order valence-electron chi connectivity index (χ4n) is 2.83. The molecule has 2 unspecified atom stereocenters. The predicted octanol–water partition coefficient (Wildman–Crippen LogP) is 3.57. The van der Waals surface area contributed by atoms with E-state index < -0.39 is 0 Å². The summed E-state index contributed by atoms with van der Waals surface area (Å²) in [5.74, 6) is 0.126. The Kier molecular flexibility index (Phi) is 6.90. The third-order valence-electron chi connectivity index (χ3n) is 3.99. The average molecular weight is 290 g/mol. The van der Waals surface area contributed by atoms with Crippen LogP contribution < -0.4 is 10.6 Å². The zero-order valence-electron chi connectivity index (χ0n) is 14.3. The molecule has 1 aromatic carbocycles. The maximum Gasteiger partial charge on any atom is 0.221 e. The monoisotopic (exact) mass is 290 g/mol. The number of aryl methyl sites for hydroxylation is 3. The molecule has 1 amide bonds. The Morgan fingerprint density at radius 1 is 1.14 bits per heavy atom. The normalized spacial score (nSPS) is 13.8. The molecule has 0 spiro atoms. The Balaban J connectivity index is 2.51. The predicted molar refractivity (Wildman–Crippen MR) is 89.6 cm³/mol. The van der Waals surface area contributed by atoms with Crippen LogP contribution in [0.25, 0.3) is 0 Å². The van der Waals surface area contributed by atoms with E-state index in [0.717, 1.165) is 6.42 Å². The van der Waals surface area contributed by atoms with Crippen LogP contribution in [0, 0.1) is 20.8 Å². The number of carbonyl (C=O) groups is 1. The van der Waals surface area contributed by atoms with Crippen LogP contribution >= 0.6 is 0 Å². The lowest BCUT2D eigenvalue weighted by Gasteiger charge is -2.20. The molecule has 0 fully saturated rings. The fraction of sp³-hybridized carbons (Fsp3) is 0.611. The van der Waals surface area contributed by atoms with Crippen molar-refractivity contribution in [1.29, 1.82) is 0 Å². The van der Waals surface area contributed by atoms with Crippen LogP contribution in [-0.4, -0.2) is 18.5 Å². The van der Waals surface area contributed by atoms with Gasteiger partial charge in [-0.15, -0.1) is 0 Å². The molecule has 0 saturated carbocycles. The Morgan fingerprint density at radius 2 is 1.71 bits per heavy atom. The van der Waals surface area contributed by atoms with Gasteiger partial charge in [-0.2, -0.15) is 0 Å². The first-order valence-electron chi connectivity index (χ1n) is 7.95. The summed E-state index contributed by atoms with van der Waals surface area (Å²) < 4.78 is 0. The molecule has 0 aliphatic rings. The molecule has 21 heavy (non-hydrogen) atoms. The van der Waals surface area contributed by atoms with Crippen LogP contribution in [-0.2, 0) is 4.79 Å². The van der Waals surface area contributed by atoms with E-state index in [4.69, 9.17) is 0 Å². The second-order valence-corrected chi connectivity index (χ2v) is 6.12. The van der Waals surface area contributed by atoms with Gasteiger partial charge in [0.25, 0.3) is 0 Å². The second-order valence-electron chi connectivity index (χ2n) is 6.12. The lowest BCUT2D eigenvalue weighted by Crippen LogP contribution is -2.34. The zero-order valence-corrected chi connectivity index (χ0v) is 14.3. The van der Waals surface area contributed by atoms with Crippen LogP contribution in [0.4, 0.5) is 0 Å². The number of nitrogens with one attached hydrogen (secondary N) is 2. The van der Waals surface area contributed by atoms with Crippen molar-refractivity contribution in [3.05, 3.63) is 34.4 Å². The highest BCUT2D eigenvalue weighted by Gasteiger charge is 2.12. The molecule has 0 bridgehead atoms. The molecular formula is C18H30N2O. The summed E-state index contributed by atoms with van der Waals surface area (Å²) in [6.45, 7) is 13.4. The molecule has 1 aromatic rings. The SMILES string of the molecule is CCC(C)NC(=O)CCNC(C)c1c(C)cc(C)cc1C. The minimum Gasteiger partial charge on any atom is -0.354 e. The summed E-state index contributed by atoms with van der Waals surface area (Å²) in [4.78, 5) is 11.8. The van der Waals surface area contributed by atoms with E-state index in [0.29, 0.717) is 13.0 Å². The molecule has 0 aliphatic heterocycles. The van der Waals surface area contributed by atoms with Crippen LogP contribution in [0.1, 0.15) is 61.9 Å². The standard InChI is InChI=1S/C18H30N2O/c1-7-15(5)20-17(21)8-9-19-16(6)18-13(3)10-12(2)11-14(18)4/h10-11,15-16,19H,7-9H2,1-6H3,(H,20,21). The van der Waals surface area contributed by atoms with Crippen molar-refractivity contribution in [3.63, 3.8) is 0 Å². The second kappa shape index (κ2) is 8.18. The highest BCUT2D eigenvalue weighted by Crippen LogP contribution is 2.23. The van der Waals surface area contributed by atoms with Gasteiger partial charge < -0.3 is 10.6 Å². The Morgan fingerprint density at radius 3 is 2.24 bits per heavy atom. The highest BCUT2D eigenvalue weighted by atomic mass is 16.1. The van der Waals surface area contributed by atoms with Crippen LogP contribution in [0.15, 0.2) is 12.1 Å². The highest BCUT2D eigenvalue weighted by molar-refractivity contribution is 5.76. The molecule has 0 aromatic heterocycles. The molecule has 0 heterocycles. The quantitative estimate of drug-likeness (QED) is 0.806. The third-order valence-corrected chi connectivity index (χ3v) is 3.99. The molecule has 2 atom stereocenters. The third kappa shape index (κ3) is 5.50. The molecular weight excluding hydrogens is 260 g/mol. The number of benzene rings is 1. The minimum absolute atomic E-state index is 0.126. The summed E-state index contributed by atoms with van der Waals surface area (Å²) in [7, 11) is 0. The molecule has 1 rings (SSSR count). The van der Waals surface area contributed by atoms with E-state index in [2.05, 4.69) is 57.4 Å². The van der Waals surface area contributed by atoms with E-state index in [-0.39, 0.29) is 18.0 Å². The summed E-state index contributed by atoms with van der Waals surface area (Å²) in [6, 6.07) is 4.96. The fourth-order valence-corrected chi connectivity index (χ4v) is 2.83. The Bertz CT molecular complexity index is 459.